The molecule has 28 nitrogen and oxygen atoms in total. The number of aromatic nitrogens is 8. The van der Waals surface area contributed by atoms with Crippen LogP contribution in [0.1, 0.15) is 260 Å². The normalized spacial score (nSPS) is 25.0. The Morgan fingerprint density at radius 3 is 1.09 bits per heavy atom. The van der Waals surface area contributed by atoms with Gasteiger partial charge in [0.2, 0.25) is 23.8 Å². The van der Waals surface area contributed by atoms with Crippen LogP contribution in [-0.4, -0.2) is 163 Å². The Morgan fingerprint density at radius 1 is 0.407 bits per heavy atom. The molecule has 6 unspecified atom stereocenters. The second kappa shape index (κ2) is 44.5. The molecule has 31 heteroatoms. The topological polar surface area (TPSA) is 358 Å². The second-order valence-electron chi connectivity index (χ2n) is 41.1. The van der Waals surface area contributed by atoms with Gasteiger partial charge in [0, 0.05) is 139 Å². The molecular formula is C104H137ClF2N20O8. The minimum Gasteiger partial charge on any atom is -0.392 e. The molecule has 20 rings (SSSR count). The summed E-state index contributed by atoms with van der Waals surface area (Å²) in [5, 5.41) is 54.5. The Bertz CT molecular complexity index is 5260. The minimum absolute atomic E-state index is 0.0386. The van der Waals surface area contributed by atoms with E-state index in [-0.39, 0.29) is 73.0 Å². The molecular weight excluding hydrogens is 1730 g/mol. The highest BCUT2D eigenvalue weighted by atomic mass is 35.5. The van der Waals surface area contributed by atoms with Gasteiger partial charge in [0.25, 0.3) is 23.6 Å². The third-order valence-electron chi connectivity index (χ3n) is 30.5. The molecule has 11 N–H and O–H groups in total. The fourth-order valence-corrected chi connectivity index (χ4v) is 21.0. The molecule has 135 heavy (non-hydrogen) atoms. The molecule has 8 aliphatic carbocycles. The van der Waals surface area contributed by atoms with E-state index in [9.17, 15) is 43.3 Å². The summed E-state index contributed by atoms with van der Waals surface area (Å²) in [6, 6.07) is 22.1. The average molecular weight is 1870 g/mol. The first-order valence-corrected chi connectivity index (χ1v) is 49.9. The number of nitrogens with one attached hydrogen (secondary N) is 8. The van der Waals surface area contributed by atoms with E-state index in [1.807, 2.05) is 50.1 Å². The van der Waals surface area contributed by atoms with Crippen LogP contribution in [0.4, 0.5) is 55.8 Å². The van der Waals surface area contributed by atoms with Gasteiger partial charge >= 0.3 is 0 Å². The van der Waals surface area contributed by atoms with Crippen molar-refractivity contribution in [2.75, 3.05) is 99.8 Å². The van der Waals surface area contributed by atoms with E-state index in [0.717, 1.165) is 210 Å². The molecule has 8 heterocycles. The predicted octanol–water partition coefficient (Wildman–Crippen LogP) is 16.0. The van der Waals surface area contributed by atoms with Crippen molar-refractivity contribution in [1.82, 2.24) is 61.1 Å². The molecule has 722 valence electrons. The maximum Gasteiger partial charge on any atom is 0.256 e. The van der Waals surface area contributed by atoms with Crippen LogP contribution in [0.2, 0.25) is 5.02 Å². The maximum atomic E-state index is 14.1. The molecule has 4 aromatic carbocycles. The monoisotopic (exact) mass is 1870 g/mol. The third kappa shape index (κ3) is 25.5. The molecule has 4 aromatic heterocycles. The lowest BCUT2D eigenvalue weighted by atomic mass is 9.83. The number of aliphatic hydroxyl groups excluding tert-OH is 3. The van der Waals surface area contributed by atoms with Crippen LogP contribution in [0.15, 0.2) is 97.6 Å². The van der Waals surface area contributed by atoms with Gasteiger partial charge in [-0.25, -0.2) is 28.7 Å². The summed E-state index contributed by atoms with van der Waals surface area (Å²) >= 11 is 6.28. The van der Waals surface area contributed by atoms with Crippen LogP contribution in [0.25, 0.3) is 0 Å². The van der Waals surface area contributed by atoms with Crippen molar-refractivity contribution < 1.29 is 48.1 Å². The standard InChI is InChI=1S/C27H36ClN5O2.C26H35N5O2.C25H32FN5O2.C25H32FN5O.CH2O/c1-18-2-4-19(5-3-18)13-30-25(35)22-15-31-26(33-11-10-27(17-33)8-9-27)32-24(22)29-14-20-6-7-21(16-34)23(28)12-20;1-16-3-7-22(8-4-16)29-25(33)23-12-28-26(31-13-20-10-21(20)14-31)30-24(23)27-11-18-5-6-19(15-32)17(2)9-18;1-15-2-6-20(7-3-15)29-24(33)21-11-28-25(31-12-18-9-19(18)13-31)30-23(21)27-10-16-4-5-17(14-32)22(26)8-16;1-15-3-7-20(8-4-15)29-24(32)21-12-28-25(31-13-18-10-19(18)14-31)30-23(21)27-11-17-6-5-16(2)22(26)9-17;1-2/h6-7,12,15,18-19,34H,2-5,8-11,13-14,16-17H2,1H3,(H,30,35)(H,29,31,32);5-6,9,12,16,20-22,32H,3-4,7-8,10-11,13-15H2,1-2H3,(H,29,33)(H,27,28,30);4-5,8,11,15,18-20,32H,2-3,6-7,9-10,12-14H2,1H3,(H,29,33)(H,27,28,30);5-6,9,12,15,18-20H,3-4,7-8,10-11,13-14H2,1-2H3,(H,29,32)(H,27,28,30);1H2. The van der Waals surface area contributed by atoms with Crippen molar-refractivity contribution >= 4 is 89.1 Å². The van der Waals surface area contributed by atoms with Crippen molar-refractivity contribution in [3.8, 4) is 0 Å². The number of amides is 4. The van der Waals surface area contributed by atoms with Crippen LogP contribution in [0.3, 0.4) is 0 Å². The highest BCUT2D eigenvalue weighted by Crippen LogP contribution is 2.54. The van der Waals surface area contributed by atoms with Gasteiger partial charge in [0.15, 0.2) is 0 Å². The van der Waals surface area contributed by atoms with E-state index < -0.39 is 5.82 Å². The van der Waals surface area contributed by atoms with Gasteiger partial charge in [0.05, 0.1) is 19.8 Å². The van der Waals surface area contributed by atoms with E-state index >= 15 is 0 Å². The predicted molar refractivity (Wildman–Crippen MR) is 523 cm³/mol. The van der Waals surface area contributed by atoms with Crippen molar-refractivity contribution in [3.05, 3.63) is 187 Å². The molecule has 0 radical (unpaired) electrons. The zero-order valence-electron chi connectivity index (χ0n) is 79.3. The number of piperidine rings is 3. The molecule has 1 spiro atoms. The zero-order chi connectivity index (χ0) is 94.6. The number of aryl methyl sites for hydroxylation is 2. The van der Waals surface area contributed by atoms with Gasteiger partial charge in [-0.05, 0) is 275 Å². The average Bonchev–Trinajstić information content (AvgIpc) is 1.59. The van der Waals surface area contributed by atoms with Crippen LogP contribution >= 0.6 is 11.6 Å². The lowest BCUT2D eigenvalue weighted by molar-refractivity contribution is -0.0980. The van der Waals surface area contributed by atoms with Gasteiger partial charge in [-0.3, -0.25) is 19.2 Å². The van der Waals surface area contributed by atoms with Crippen molar-refractivity contribution in [2.45, 2.75) is 247 Å². The summed E-state index contributed by atoms with van der Waals surface area (Å²) in [5.41, 5.74) is 9.41. The molecule has 8 aromatic rings. The van der Waals surface area contributed by atoms with Crippen LogP contribution in [0.5, 0.6) is 0 Å². The number of anilines is 8. The fourth-order valence-electron chi connectivity index (χ4n) is 20.7. The number of hydrogen-bond donors (Lipinski definition) is 11. The largest absolute Gasteiger partial charge is 0.392 e. The van der Waals surface area contributed by atoms with Gasteiger partial charge in [-0.15, -0.1) is 0 Å². The Balaban J connectivity index is 0.000000130. The molecule has 4 aliphatic heterocycles. The Kier molecular flexibility index (Phi) is 32.1. The Hall–Kier alpha value is -10.8. The molecule has 4 saturated heterocycles. The third-order valence-corrected chi connectivity index (χ3v) is 30.9. The Morgan fingerprint density at radius 2 is 0.741 bits per heavy atom. The van der Waals surface area contributed by atoms with Crippen LogP contribution in [0, 0.1) is 96.0 Å². The van der Waals surface area contributed by atoms with Gasteiger partial charge in [-0.1, -0.05) is 107 Å². The number of carbonyl (C=O) groups excluding carboxylic acids is 5. The van der Waals surface area contributed by atoms with Crippen molar-refractivity contribution in [3.63, 3.8) is 0 Å². The molecule has 6 atom stereocenters. The minimum atomic E-state index is -0.444. The summed E-state index contributed by atoms with van der Waals surface area (Å²) in [6.07, 6.45) is 32.0. The van der Waals surface area contributed by atoms with Crippen molar-refractivity contribution in [1.29, 1.82) is 0 Å². The first kappa shape index (κ1) is 97.3. The zero-order valence-corrected chi connectivity index (χ0v) is 80.0. The summed E-state index contributed by atoms with van der Waals surface area (Å²) in [7, 11) is 0. The number of benzene rings is 4. The number of halogens is 3. The Labute approximate surface area is 797 Å². The first-order chi connectivity index (χ1) is 65.4. The first-order valence-electron chi connectivity index (χ1n) is 49.5. The number of fused-ring (bicyclic) bond motifs is 3. The molecule has 12 fully saturated rings. The maximum absolute atomic E-state index is 14.1. The lowest BCUT2D eigenvalue weighted by Gasteiger charge is -2.27. The second-order valence-corrected chi connectivity index (χ2v) is 41.5. The number of hydrogen-bond acceptors (Lipinski definition) is 24. The number of carbonyl (C=O) groups is 5. The van der Waals surface area contributed by atoms with Crippen molar-refractivity contribution in [2.24, 2.45) is 70.5 Å². The van der Waals surface area contributed by atoms with Gasteiger partial charge in [0.1, 0.15) is 63.9 Å². The van der Waals surface area contributed by atoms with E-state index in [1.165, 1.54) is 76.3 Å². The number of rotatable bonds is 28. The van der Waals surface area contributed by atoms with E-state index in [4.69, 9.17) is 36.3 Å². The van der Waals surface area contributed by atoms with E-state index in [2.05, 4.69) is 116 Å². The summed E-state index contributed by atoms with van der Waals surface area (Å²) in [6.45, 7) is 24.8. The molecule has 4 amide bonds. The molecule has 12 aliphatic rings. The smallest absolute Gasteiger partial charge is 0.256 e. The summed E-state index contributed by atoms with van der Waals surface area (Å²) in [5.74, 6) is 11.7. The summed E-state index contributed by atoms with van der Waals surface area (Å²) in [4.78, 5) is 107. The summed E-state index contributed by atoms with van der Waals surface area (Å²) < 4.78 is 28.1. The number of aliphatic hydroxyl groups is 3. The lowest BCUT2D eigenvalue weighted by Crippen LogP contribution is -2.38. The highest BCUT2D eigenvalue weighted by Gasteiger charge is 2.50. The fraction of sp³-hybridized carbons (Fsp3) is 0.567. The number of nitrogens with zero attached hydrogens (tertiary/aromatic N) is 12. The molecule has 8 saturated carbocycles. The highest BCUT2D eigenvalue weighted by molar-refractivity contribution is 6.31. The SMILES string of the molecule is C=O.CC1CCC(CNC(=O)c2cnc(N3CCC4(CC4)C3)nc2NCc2ccc(CO)c(Cl)c2)CC1.CC1CCC(NC(=O)c2cnc(N3CC4CC4C3)nc2NCc2ccc(CO)c(F)c2)CC1.Cc1cc(CNc2nc(N3CC4CC4C3)ncc2C(=O)NC2CCC(C)CC2)ccc1CO.Cc1ccc(CNc2nc(N3CC4CC4C3)ncc2C(=O)NC2CCC(C)CC2)cc1F. The van der Waals surface area contributed by atoms with Crippen LogP contribution < -0.4 is 62.1 Å². The van der Waals surface area contributed by atoms with E-state index in [0.29, 0.717) is 141 Å². The van der Waals surface area contributed by atoms with Gasteiger partial charge < -0.3 is 82.2 Å². The molecule has 0 bridgehead atoms. The van der Waals surface area contributed by atoms with Crippen LogP contribution in [-0.2, 0) is 50.8 Å². The van der Waals surface area contributed by atoms with Gasteiger partial charge in [-0.2, -0.15) is 19.9 Å². The van der Waals surface area contributed by atoms with E-state index in [1.54, 1.807) is 49.9 Å². The quantitative estimate of drug-likeness (QED) is 0.0217.